The van der Waals surface area contributed by atoms with Crippen molar-refractivity contribution in [3.05, 3.63) is 64.5 Å². The molecule has 0 amide bonds. The highest BCUT2D eigenvalue weighted by Crippen LogP contribution is 2.23. The lowest BCUT2D eigenvalue weighted by Gasteiger charge is -2.29. The van der Waals surface area contributed by atoms with E-state index in [0.717, 1.165) is 42.9 Å². The van der Waals surface area contributed by atoms with Crippen LogP contribution in [0.15, 0.2) is 36.5 Å². The Morgan fingerprint density at radius 3 is 2.90 bits per heavy atom. The molecule has 2 aromatic rings. The summed E-state index contributed by atoms with van der Waals surface area (Å²) in [6.45, 7) is 4.51. The third-order valence-electron chi connectivity index (χ3n) is 3.95. The van der Waals surface area contributed by atoms with E-state index in [4.69, 9.17) is 0 Å². The van der Waals surface area contributed by atoms with E-state index in [0.29, 0.717) is 5.56 Å². The Hall–Kier alpha value is -2.20. The molecule has 1 aromatic carbocycles. The number of aromatic carboxylic acids is 1. The van der Waals surface area contributed by atoms with E-state index in [-0.39, 0.29) is 0 Å². The molecular formula is C17H18N2O2. The van der Waals surface area contributed by atoms with Gasteiger partial charge in [0.05, 0.1) is 5.56 Å². The van der Waals surface area contributed by atoms with Crippen LogP contribution in [-0.4, -0.2) is 27.5 Å². The van der Waals surface area contributed by atoms with Crippen molar-refractivity contribution in [2.24, 2.45) is 0 Å². The molecule has 1 N–H and O–H groups in total. The second-order valence-electron chi connectivity index (χ2n) is 5.52. The van der Waals surface area contributed by atoms with Crippen molar-refractivity contribution in [1.29, 1.82) is 0 Å². The van der Waals surface area contributed by atoms with Crippen LogP contribution < -0.4 is 0 Å². The number of carbonyl (C=O) groups is 1. The molecule has 4 nitrogen and oxygen atoms in total. The van der Waals surface area contributed by atoms with Gasteiger partial charge in [-0.1, -0.05) is 18.2 Å². The van der Waals surface area contributed by atoms with Gasteiger partial charge >= 0.3 is 5.97 Å². The number of hydrogen-bond donors (Lipinski definition) is 1. The van der Waals surface area contributed by atoms with Crippen molar-refractivity contribution in [1.82, 2.24) is 9.88 Å². The van der Waals surface area contributed by atoms with Gasteiger partial charge in [0.15, 0.2) is 0 Å². The summed E-state index contributed by atoms with van der Waals surface area (Å²) >= 11 is 0. The predicted octanol–water partition coefficient (Wildman–Crippen LogP) is 2.65. The Balaban J connectivity index is 1.77. The molecule has 0 saturated heterocycles. The van der Waals surface area contributed by atoms with Gasteiger partial charge in [-0.15, -0.1) is 0 Å². The molecule has 4 heteroatoms. The van der Waals surface area contributed by atoms with Crippen LogP contribution in [0, 0.1) is 6.92 Å². The minimum absolute atomic E-state index is 0.448. The number of rotatable bonds is 3. The second-order valence-corrected chi connectivity index (χ2v) is 5.52. The van der Waals surface area contributed by atoms with Crippen molar-refractivity contribution in [2.75, 3.05) is 6.54 Å². The first-order valence-electron chi connectivity index (χ1n) is 7.11. The molecule has 1 aromatic heterocycles. The third kappa shape index (κ3) is 2.95. The zero-order valence-corrected chi connectivity index (χ0v) is 12.0. The summed E-state index contributed by atoms with van der Waals surface area (Å²) in [7, 11) is 0. The number of aryl methyl sites for hydroxylation is 1. The number of carboxylic acids is 1. The summed E-state index contributed by atoms with van der Waals surface area (Å²) < 4.78 is 0. The van der Waals surface area contributed by atoms with Gasteiger partial charge in [0.2, 0.25) is 0 Å². The number of aromatic nitrogens is 1. The van der Waals surface area contributed by atoms with Crippen LogP contribution in [0.4, 0.5) is 0 Å². The van der Waals surface area contributed by atoms with E-state index in [1.165, 1.54) is 5.56 Å². The van der Waals surface area contributed by atoms with Gasteiger partial charge in [0.1, 0.15) is 0 Å². The largest absolute Gasteiger partial charge is 0.478 e. The second kappa shape index (κ2) is 5.66. The van der Waals surface area contributed by atoms with Gasteiger partial charge in [-0.3, -0.25) is 9.88 Å². The predicted molar refractivity (Wildman–Crippen MR) is 80.2 cm³/mol. The van der Waals surface area contributed by atoms with Crippen molar-refractivity contribution >= 4 is 5.97 Å². The molecule has 0 aliphatic carbocycles. The fourth-order valence-corrected chi connectivity index (χ4v) is 2.85. The van der Waals surface area contributed by atoms with Crippen LogP contribution >= 0.6 is 0 Å². The zero-order chi connectivity index (χ0) is 14.8. The molecule has 21 heavy (non-hydrogen) atoms. The van der Waals surface area contributed by atoms with Crippen LogP contribution in [0.2, 0.25) is 0 Å². The zero-order valence-electron chi connectivity index (χ0n) is 12.0. The Kier molecular flexibility index (Phi) is 3.71. The lowest BCUT2D eigenvalue weighted by atomic mass is 9.94. The van der Waals surface area contributed by atoms with Crippen molar-refractivity contribution in [3.63, 3.8) is 0 Å². The van der Waals surface area contributed by atoms with Crippen LogP contribution in [-0.2, 0) is 19.5 Å². The van der Waals surface area contributed by atoms with Gasteiger partial charge < -0.3 is 5.11 Å². The molecule has 1 aliphatic rings. The van der Waals surface area contributed by atoms with Crippen LogP contribution in [0.3, 0.4) is 0 Å². The summed E-state index contributed by atoms with van der Waals surface area (Å²) in [5, 5.41) is 9.25. The maximum Gasteiger partial charge on any atom is 0.335 e. The van der Waals surface area contributed by atoms with E-state index in [1.54, 1.807) is 6.07 Å². The van der Waals surface area contributed by atoms with Gasteiger partial charge in [-0.25, -0.2) is 4.79 Å². The number of benzene rings is 1. The van der Waals surface area contributed by atoms with Crippen LogP contribution in [0.25, 0.3) is 0 Å². The highest BCUT2D eigenvalue weighted by atomic mass is 16.4. The Morgan fingerprint density at radius 2 is 2.19 bits per heavy atom. The maximum atomic E-state index is 11.3. The van der Waals surface area contributed by atoms with E-state index >= 15 is 0 Å². The average Bonchev–Trinajstić information content (AvgIpc) is 2.48. The van der Waals surface area contributed by atoms with E-state index in [1.807, 2.05) is 31.3 Å². The number of pyridine rings is 1. The molecule has 0 bridgehead atoms. The average molecular weight is 282 g/mol. The van der Waals surface area contributed by atoms with E-state index in [2.05, 4.69) is 16.0 Å². The van der Waals surface area contributed by atoms with Crippen molar-refractivity contribution in [2.45, 2.75) is 26.4 Å². The molecule has 0 unspecified atom stereocenters. The maximum absolute atomic E-state index is 11.3. The van der Waals surface area contributed by atoms with E-state index in [9.17, 15) is 9.90 Å². The lowest BCUT2D eigenvalue weighted by Crippen LogP contribution is -2.31. The molecule has 0 spiro atoms. The minimum atomic E-state index is -0.831. The molecule has 108 valence electrons. The lowest BCUT2D eigenvalue weighted by molar-refractivity contribution is 0.0694. The highest BCUT2D eigenvalue weighted by Gasteiger charge is 2.21. The van der Waals surface area contributed by atoms with Crippen LogP contribution in [0.1, 0.15) is 32.7 Å². The summed E-state index contributed by atoms with van der Waals surface area (Å²) in [5.41, 5.74) is 4.78. The summed E-state index contributed by atoms with van der Waals surface area (Å²) in [5.74, 6) is -0.831. The van der Waals surface area contributed by atoms with Gasteiger partial charge in [-0.05, 0) is 42.2 Å². The molecule has 0 atom stereocenters. The smallest absolute Gasteiger partial charge is 0.335 e. The molecule has 2 heterocycles. The summed E-state index contributed by atoms with van der Waals surface area (Å²) in [6.07, 6.45) is 2.70. The highest BCUT2D eigenvalue weighted by molar-refractivity contribution is 5.89. The molecule has 1 aliphatic heterocycles. The Labute approximate surface area is 124 Å². The Morgan fingerprint density at radius 1 is 1.33 bits per heavy atom. The van der Waals surface area contributed by atoms with E-state index < -0.39 is 5.97 Å². The van der Waals surface area contributed by atoms with Crippen molar-refractivity contribution < 1.29 is 9.90 Å². The number of nitrogens with zero attached hydrogens (tertiary/aromatic N) is 2. The van der Waals surface area contributed by atoms with Gasteiger partial charge in [-0.2, -0.15) is 0 Å². The van der Waals surface area contributed by atoms with Crippen LogP contribution in [0.5, 0.6) is 0 Å². The topological polar surface area (TPSA) is 53.4 Å². The Bertz CT molecular complexity index is 665. The first-order chi connectivity index (χ1) is 10.1. The standard InChI is InChI=1S/C17H18N2O2/c1-12-5-6-13(9-18-12)10-19-8-7-15-14(11-19)3-2-4-16(15)17(20)21/h2-6,9H,7-8,10-11H2,1H3,(H,20,21). The first kappa shape index (κ1) is 13.8. The monoisotopic (exact) mass is 282 g/mol. The molecule has 3 rings (SSSR count). The fraction of sp³-hybridized carbons (Fsp3) is 0.294. The molecular weight excluding hydrogens is 264 g/mol. The number of hydrogen-bond acceptors (Lipinski definition) is 3. The first-order valence-corrected chi connectivity index (χ1v) is 7.11. The quantitative estimate of drug-likeness (QED) is 0.940. The van der Waals surface area contributed by atoms with Gasteiger partial charge in [0, 0.05) is 31.5 Å². The summed E-state index contributed by atoms with van der Waals surface area (Å²) in [4.78, 5) is 17.9. The molecule has 0 saturated carbocycles. The molecule has 0 fully saturated rings. The number of carboxylic acid groups (broad SMARTS) is 1. The minimum Gasteiger partial charge on any atom is -0.478 e. The van der Waals surface area contributed by atoms with Gasteiger partial charge in [0.25, 0.3) is 0 Å². The fourth-order valence-electron chi connectivity index (χ4n) is 2.85. The third-order valence-corrected chi connectivity index (χ3v) is 3.95. The van der Waals surface area contributed by atoms with Crippen molar-refractivity contribution in [3.8, 4) is 0 Å². The normalized spacial score (nSPS) is 14.7. The SMILES string of the molecule is Cc1ccc(CN2CCc3c(cccc3C(=O)O)C2)cn1. The summed E-state index contributed by atoms with van der Waals surface area (Å²) in [6, 6.07) is 9.68. The number of fused-ring (bicyclic) bond motifs is 1. The molecule has 0 radical (unpaired) electrons.